The van der Waals surface area contributed by atoms with Crippen LogP contribution in [-0.2, 0) is 0 Å². The second-order valence-corrected chi connectivity index (χ2v) is 6.70. The summed E-state index contributed by atoms with van der Waals surface area (Å²) < 4.78 is 0.477. The number of carbonyl (C=O) groups excluding carboxylic acids is 1. The third-order valence-electron chi connectivity index (χ3n) is 3.79. The van der Waals surface area contributed by atoms with Gasteiger partial charge in [0.05, 0.1) is 21.2 Å². The van der Waals surface area contributed by atoms with Gasteiger partial charge in [-0.25, -0.2) is 10.4 Å². The van der Waals surface area contributed by atoms with Gasteiger partial charge in [0.25, 0.3) is 0 Å². The molecule has 1 atom stereocenters. The zero-order chi connectivity index (χ0) is 18.8. The second kappa shape index (κ2) is 7.40. The number of anilines is 1. The predicted octanol–water partition coefficient (Wildman–Crippen LogP) is 3.08. The number of rotatable bonds is 5. The maximum Gasteiger partial charge on any atom is 0.304 e. The second-order valence-electron chi connectivity index (χ2n) is 5.48. The SMILES string of the molecule is CC1=C([N+](=O)[O-])C(Nc2cc(Br)ncc2C(=O)c2ccccc2Cl)NN1. The number of hydrazine groups is 1. The molecule has 3 rings (SSSR count). The summed E-state index contributed by atoms with van der Waals surface area (Å²) in [5, 5.41) is 14.6. The van der Waals surface area contributed by atoms with Crippen LogP contribution >= 0.6 is 27.5 Å². The topological polar surface area (TPSA) is 109 Å². The number of halogens is 2. The van der Waals surface area contributed by atoms with Crippen molar-refractivity contribution in [2.45, 2.75) is 13.1 Å². The fourth-order valence-corrected chi connectivity index (χ4v) is 3.11. The van der Waals surface area contributed by atoms with Crippen LogP contribution < -0.4 is 16.2 Å². The first-order valence-corrected chi connectivity index (χ1v) is 8.63. The number of nitro groups is 1. The summed E-state index contributed by atoms with van der Waals surface area (Å²) >= 11 is 9.37. The molecule has 3 N–H and O–H groups in total. The van der Waals surface area contributed by atoms with Gasteiger partial charge in [0.1, 0.15) is 10.3 Å². The van der Waals surface area contributed by atoms with Gasteiger partial charge in [0.15, 0.2) is 11.9 Å². The largest absolute Gasteiger partial charge is 0.359 e. The van der Waals surface area contributed by atoms with E-state index < -0.39 is 11.1 Å². The number of nitrogens with one attached hydrogen (secondary N) is 3. The van der Waals surface area contributed by atoms with E-state index in [-0.39, 0.29) is 17.0 Å². The first kappa shape index (κ1) is 18.3. The summed E-state index contributed by atoms with van der Waals surface area (Å²) in [6, 6.07) is 8.24. The molecule has 0 saturated heterocycles. The van der Waals surface area contributed by atoms with Gasteiger partial charge in [-0.05, 0) is 41.1 Å². The Kier molecular flexibility index (Phi) is 5.21. The molecule has 1 aliphatic heterocycles. The highest BCUT2D eigenvalue weighted by atomic mass is 79.9. The molecule has 2 heterocycles. The lowest BCUT2D eigenvalue weighted by molar-refractivity contribution is -0.429. The summed E-state index contributed by atoms with van der Waals surface area (Å²) in [4.78, 5) is 27.8. The number of aromatic nitrogens is 1. The van der Waals surface area contributed by atoms with E-state index in [4.69, 9.17) is 11.6 Å². The molecular weight excluding hydrogens is 426 g/mol. The van der Waals surface area contributed by atoms with Crippen LogP contribution in [0.4, 0.5) is 5.69 Å². The first-order chi connectivity index (χ1) is 12.4. The molecule has 134 valence electrons. The Morgan fingerprint density at radius 1 is 1.38 bits per heavy atom. The molecule has 1 aliphatic rings. The zero-order valence-corrected chi connectivity index (χ0v) is 15.8. The normalized spacial score (nSPS) is 16.3. The van der Waals surface area contributed by atoms with Crippen LogP contribution in [0.15, 0.2) is 52.5 Å². The molecule has 1 aromatic carbocycles. The molecule has 2 aromatic rings. The van der Waals surface area contributed by atoms with E-state index >= 15 is 0 Å². The molecule has 0 aliphatic carbocycles. The molecule has 1 aromatic heterocycles. The standard InChI is InChI=1S/C16H13BrClN5O3/c1-8-14(23(25)26)16(22-21-8)20-12-6-13(17)19-7-10(12)15(24)9-4-2-3-5-11(9)18/h2-7,16,21-22H,1H3,(H,19,20). The number of ketones is 1. The lowest BCUT2D eigenvalue weighted by atomic mass is 10.0. The highest BCUT2D eigenvalue weighted by molar-refractivity contribution is 9.10. The average Bonchev–Trinajstić information content (AvgIpc) is 2.95. The smallest absolute Gasteiger partial charge is 0.304 e. The van der Waals surface area contributed by atoms with Gasteiger partial charge in [-0.2, -0.15) is 0 Å². The summed E-state index contributed by atoms with van der Waals surface area (Å²) in [5.74, 6) is -0.340. The third kappa shape index (κ3) is 3.55. The van der Waals surface area contributed by atoms with E-state index in [2.05, 4.69) is 37.1 Å². The Morgan fingerprint density at radius 3 is 2.81 bits per heavy atom. The molecule has 8 nitrogen and oxygen atoms in total. The van der Waals surface area contributed by atoms with E-state index in [9.17, 15) is 14.9 Å². The Bertz CT molecular complexity index is 934. The third-order valence-corrected chi connectivity index (χ3v) is 4.56. The summed E-state index contributed by atoms with van der Waals surface area (Å²) in [6.45, 7) is 1.59. The van der Waals surface area contributed by atoms with Crippen LogP contribution in [0.2, 0.25) is 5.02 Å². The van der Waals surface area contributed by atoms with Crippen molar-refractivity contribution in [2.24, 2.45) is 0 Å². The highest BCUT2D eigenvalue weighted by Gasteiger charge is 2.34. The van der Waals surface area contributed by atoms with Crippen LogP contribution in [0.3, 0.4) is 0 Å². The van der Waals surface area contributed by atoms with E-state index in [0.29, 0.717) is 26.6 Å². The van der Waals surface area contributed by atoms with E-state index in [1.165, 1.54) is 6.20 Å². The van der Waals surface area contributed by atoms with Gasteiger partial charge in [0, 0.05) is 11.8 Å². The van der Waals surface area contributed by atoms with Crippen molar-refractivity contribution < 1.29 is 9.72 Å². The quantitative estimate of drug-likeness (QED) is 0.285. The number of hydrogen-bond acceptors (Lipinski definition) is 7. The van der Waals surface area contributed by atoms with Crippen LogP contribution in [0.25, 0.3) is 0 Å². The number of hydrogen-bond donors (Lipinski definition) is 3. The maximum absolute atomic E-state index is 12.9. The number of allylic oxidation sites excluding steroid dienone is 1. The molecule has 0 saturated carbocycles. The van der Waals surface area contributed by atoms with Crippen LogP contribution in [-0.4, -0.2) is 21.9 Å². The number of benzene rings is 1. The van der Waals surface area contributed by atoms with Gasteiger partial charge in [-0.3, -0.25) is 14.9 Å². The summed E-state index contributed by atoms with van der Waals surface area (Å²) in [6.07, 6.45) is 0.570. The summed E-state index contributed by atoms with van der Waals surface area (Å²) in [5.41, 5.74) is 6.76. The van der Waals surface area contributed by atoms with Crippen molar-refractivity contribution >= 4 is 39.0 Å². The van der Waals surface area contributed by atoms with E-state index in [0.717, 1.165) is 0 Å². The minimum Gasteiger partial charge on any atom is -0.359 e. The number of nitrogens with zero attached hydrogens (tertiary/aromatic N) is 2. The number of pyridine rings is 1. The molecule has 0 spiro atoms. The fraction of sp³-hybridized carbons (Fsp3) is 0.125. The van der Waals surface area contributed by atoms with Crippen LogP contribution in [0.1, 0.15) is 22.8 Å². The van der Waals surface area contributed by atoms with Crippen molar-refractivity contribution in [3.8, 4) is 0 Å². The lowest BCUT2D eigenvalue weighted by Crippen LogP contribution is -2.40. The average molecular weight is 439 g/mol. The number of carbonyl (C=O) groups is 1. The molecule has 26 heavy (non-hydrogen) atoms. The van der Waals surface area contributed by atoms with Gasteiger partial charge in [-0.1, -0.05) is 23.7 Å². The van der Waals surface area contributed by atoms with Crippen molar-refractivity contribution in [2.75, 3.05) is 5.32 Å². The van der Waals surface area contributed by atoms with Gasteiger partial charge in [0.2, 0.25) is 0 Å². The van der Waals surface area contributed by atoms with Gasteiger partial charge >= 0.3 is 5.70 Å². The monoisotopic (exact) mass is 437 g/mol. The fourth-order valence-electron chi connectivity index (χ4n) is 2.55. The summed E-state index contributed by atoms with van der Waals surface area (Å²) in [7, 11) is 0. The van der Waals surface area contributed by atoms with Crippen LogP contribution in [0.5, 0.6) is 0 Å². The highest BCUT2D eigenvalue weighted by Crippen LogP contribution is 2.27. The molecule has 0 fully saturated rings. The minimum atomic E-state index is -0.822. The Morgan fingerprint density at radius 2 is 2.12 bits per heavy atom. The van der Waals surface area contributed by atoms with E-state index in [1.807, 2.05) is 0 Å². The molecule has 0 radical (unpaired) electrons. The van der Waals surface area contributed by atoms with E-state index in [1.54, 1.807) is 37.3 Å². The minimum absolute atomic E-state index is 0.0610. The van der Waals surface area contributed by atoms with Gasteiger partial charge < -0.3 is 10.7 Å². The van der Waals surface area contributed by atoms with Gasteiger partial charge in [-0.15, -0.1) is 0 Å². The molecule has 1 unspecified atom stereocenters. The van der Waals surface area contributed by atoms with Crippen LogP contribution in [0, 0.1) is 10.1 Å². The molecule has 0 bridgehead atoms. The Balaban J connectivity index is 1.99. The Labute approximate surface area is 161 Å². The van der Waals surface area contributed by atoms with Crippen molar-refractivity contribution in [3.63, 3.8) is 0 Å². The molecule has 10 heteroatoms. The van der Waals surface area contributed by atoms with Crippen molar-refractivity contribution in [1.82, 2.24) is 15.8 Å². The Hall–Kier alpha value is -2.49. The predicted molar refractivity (Wildman–Crippen MR) is 100 cm³/mol. The maximum atomic E-state index is 12.9. The zero-order valence-electron chi connectivity index (χ0n) is 13.4. The molecular formula is C16H13BrClN5O3. The van der Waals surface area contributed by atoms with Crippen molar-refractivity contribution in [1.29, 1.82) is 0 Å². The lowest BCUT2D eigenvalue weighted by Gasteiger charge is -2.16. The first-order valence-electron chi connectivity index (χ1n) is 7.46. The molecule has 0 amide bonds. The van der Waals surface area contributed by atoms with Crippen molar-refractivity contribution in [3.05, 3.63) is 78.8 Å².